The van der Waals surface area contributed by atoms with Crippen molar-refractivity contribution in [3.63, 3.8) is 0 Å². The number of hydrogen-bond donors (Lipinski definition) is 0. The van der Waals surface area contributed by atoms with Gasteiger partial charge in [0.1, 0.15) is 5.58 Å². The van der Waals surface area contributed by atoms with E-state index in [0.29, 0.717) is 0 Å². The lowest BCUT2D eigenvalue weighted by molar-refractivity contribution is 0.630. The third kappa shape index (κ3) is 5.44. The summed E-state index contributed by atoms with van der Waals surface area (Å²) in [6, 6.07) is 69.7. The van der Waals surface area contributed by atoms with Crippen molar-refractivity contribution >= 4 is 71.6 Å². The molecule has 0 spiro atoms. The smallest absolute Gasteiger partial charge is 0.159 e. The molecule has 302 valence electrons. The van der Waals surface area contributed by atoms with E-state index in [1.54, 1.807) is 0 Å². The van der Waals surface area contributed by atoms with Gasteiger partial charge in [0.05, 0.1) is 33.8 Å². The molecule has 4 aromatic heterocycles. The Morgan fingerprint density at radius 3 is 1.94 bits per heavy atom. The van der Waals surface area contributed by atoms with Gasteiger partial charge in [-0.3, -0.25) is 9.97 Å². The van der Waals surface area contributed by atoms with E-state index in [1.165, 1.54) is 49.4 Å². The summed E-state index contributed by atoms with van der Waals surface area (Å²) in [4.78, 5) is 11.9. The molecule has 0 radical (unpaired) electrons. The normalized spacial score (nSPS) is 13.0. The van der Waals surface area contributed by atoms with Crippen LogP contribution in [0.1, 0.15) is 25.0 Å². The van der Waals surface area contributed by atoms with Crippen LogP contribution in [0.4, 0.5) is 17.1 Å². The van der Waals surface area contributed by atoms with Crippen LogP contribution in [0.5, 0.6) is 0 Å². The predicted octanol–water partition coefficient (Wildman–Crippen LogP) is 15.7. The number of para-hydroxylation sites is 3. The first-order chi connectivity index (χ1) is 31.5. The Morgan fingerprint density at radius 2 is 1.17 bits per heavy atom. The highest BCUT2D eigenvalue weighted by Gasteiger charge is 2.37. The predicted molar refractivity (Wildman–Crippen MR) is 264 cm³/mol. The average Bonchev–Trinajstić information content (AvgIpc) is 3.91. The molecule has 0 N–H and O–H groups in total. The number of pyridine rings is 2. The fraction of sp³-hybridized carbons (Fsp3) is 0.0508. The van der Waals surface area contributed by atoms with Crippen LogP contribution in [0.15, 0.2) is 211 Å². The Balaban J connectivity index is 1.09. The summed E-state index contributed by atoms with van der Waals surface area (Å²) < 4.78 is 9.28. The molecule has 13 rings (SSSR count). The molecule has 5 heteroatoms. The van der Waals surface area contributed by atoms with Crippen LogP contribution in [0.3, 0.4) is 0 Å². The van der Waals surface area contributed by atoms with Gasteiger partial charge < -0.3 is 13.9 Å². The standard InChI is InChI=1S/C59H40N4O/c1-59(2)48-34-38(39-31-40(50-21-10-12-29-60-50)33-41(32-39)51-22-11-13-30-61-51)26-27-52(48)63-53-28-25-37-15-6-7-18-44(37)56(53)47-35-43(36-49(59)57(47)63)62(42-16-4-3-5-17-42)54-23-14-20-46-45-19-8-9-24-55(45)64-58(46)54/h3-36H,1-2H3. The molecule has 12 aromatic rings. The lowest BCUT2D eigenvalue weighted by atomic mass is 9.73. The summed E-state index contributed by atoms with van der Waals surface area (Å²) in [5.74, 6) is 0. The summed E-state index contributed by atoms with van der Waals surface area (Å²) in [6.45, 7) is 4.79. The molecule has 0 saturated heterocycles. The maximum Gasteiger partial charge on any atom is 0.159 e. The average molecular weight is 821 g/mol. The minimum absolute atomic E-state index is 0.407. The molecule has 0 aliphatic carbocycles. The van der Waals surface area contributed by atoms with Crippen molar-refractivity contribution in [2.24, 2.45) is 0 Å². The Kier molecular flexibility index (Phi) is 7.88. The number of rotatable bonds is 6. The largest absolute Gasteiger partial charge is 0.454 e. The third-order valence-electron chi connectivity index (χ3n) is 13.4. The van der Waals surface area contributed by atoms with Crippen LogP contribution in [-0.4, -0.2) is 14.5 Å². The van der Waals surface area contributed by atoms with Gasteiger partial charge in [0.25, 0.3) is 0 Å². The number of nitrogens with zero attached hydrogens (tertiary/aromatic N) is 4. The Bertz CT molecular complexity index is 3750. The van der Waals surface area contributed by atoms with Crippen LogP contribution in [-0.2, 0) is 5.41 Å². The first-order valence-corrected chi connectivity index (χ1v) is 21.9. The molecular weight excluding hydrogens is 781 g/mol. The lowest BCUT2D eigenvalue weighted by Gasteiger charge is -2.36. The van der Waals surface area contributed by atoms with Gasteiger partial charge in [-0.2, -0.15) is 0 Å². The van der Waals surface area contributed by atoms with E-state index in [0.717, 1.165) is 72.6 Å². The van der Waals surface area contributed by atoms with Crippen molar-refractivity contribution in [2.75, 3.05) is 4.90 Å². The topological polar surface area (TPSA) is 47.1 Å². The zero-order valence-corrected chi connectivity index (χ0v) is 35.3. The first kappa shape index (κ1) is 36.4. The molecule has 0 atom stereocenters. The Labute approximate surface area is 370 Å². The lowest BCUT2D eigenvalue weighted by Crippen LogP contribution is -2.27. The number of aromatic nitrogens is 3. The van der Waals surface area contributed by atoms with Crippen molar-refractivity contribution in [1.82, 2.24) is 14.5 Å². The minimum Gasteiger partial charge on any atom is -0.454 e. The number of anilines is 3. The second-order valence-corrected chi connectivity index (χ2v) is 17.4. The van der Waals surface area contributed by atoms with Gasteiger partial charge in [-0.15, -0.1) is 0 Å². The quantitative estimate of drug-likeness (QED) is 0.168. The van der Waals surface area contributed by atoms with Crippen LogP contribution < -0.4 is 4.90 Å². The monoisotopic (exact) mass is 820 g/mol. The van der Waals surface area contributed by atoms with E-state index in [4.69, 9.17) is 14.4 Å². The number of fused-ring (bicyclic) bond motifs is 10. The van der Waals surface area contributed by atoms with Crippen molar-refractivity contribution in [2.45, 2.75) is 19.3 Å². The molecule has 0 saturated carbocycles. The Morgan fingerprint density at radius 1 is 0.484 bits per heavy atom. The van der Waals surface area contributed by atoms with E-state index in [9.17, 15) is 0 Å². The maximum atomic E-state index is 6.76. The van der Waals surface area contributed by atoms with Crippen LogP contribution >= 0.6 is 0 Å². The SMILES string of the molecule is CC1(C)c2cc(-c3cc(-c4ccccn4)cc(-c4ccccn4)c3)ccc2-n2c3ccc4ccccc4c3c3cc(N(c4ccccc4)c4cccc5c4oc4ccccc45)cc1c32. The number of benzene rings is 8. The van der Waals surface area contributed by atoms with E-state index < -0.39 is 5.41 Å². The summed E-state index contributed by atoms with van der Waals surface area (Å²) in [6.07, 6.45) is 3.72. The highest BCUT2D eigenvalue weighted by Crippen LogP contribution is 2.53. The molecule has 0 bridgehead atoms. The molecule has 0 unspecified atom stereocenters. The molecule has 5 heterocycles. The molecule has 64 heavy (non-hydrogen) atoms. The van der Waals surface area contributed by atoms with E-state index in [1.807, 2.05) is 42.7 Å². The van der Waals surface area contributed by atoms with Gasteiger partial charge in [0.2, 0.25) is 0 Å². The fourth-order valence-corrected chi connectivity index (χ4v) is 10.4. The van der Waals surface area contributed by atoms with Crippen molar-refractivity contribution in [3.8, 4) is 39.3 Å². The molecule has 5 nitrogen and oxygen atoms in total. The highest BCUT2D eigenvalue weighted by molar-refractivity contribution is 6.23. The van der Waals surface area contributed by atoms with E-state index in [-0.39, 0.29) is 0 Å². The van der Waals surface area contributed by atoms with Gasteiger partial charge in [-0.1, -0.05) is 111 Å². The summed E-state index contributed by atoms with van der Waals surface area (Å²) in [5.41, 5.74) is 16.8. The molecule has 1 aliphatic rings. The summed E-state index contributed by atoms with van der Waals surface area (Å²) in [7, 11) is 0. The zero-order chi connectivity index (χ0) is 42.5. The summed E-state index contributed by atoms with van der Waals surface area (Å²) in [5, 5.41) is 7.14. The molecule has 0 amide bonds. The van der Waals surface area contributed by atoms with Gasteiger partial charge in [-0.05, 0) is 130 Å². The van der Waals surface area contributed by atoms with Crippen molar-refractivity contribution < 1.29 is 4.42 Å². The summed E-state index contributed by atoms with van der Waals surface area (Å²) >= 11 is 0. The van der Waals surface area contributed by atoms with Crippen LogP contribution in [0.25, 0.3) is 93.8 Å². The molecule has 0 fully saturated rings. The van der Waals surface area contributed by atoms with Crippen LogP contribution in [0.2, 0.25) is 0 Å². The highest BCUT2D eigenvalue weighted by atomic mass is 16.3. The molecule has 1 aliphatic heterocycles. The second-order valence-electron chi connectivity index (χ2n) is 17.4. The third-order valence-corrected chi connectivity index (χ3v) is 13.4. The van der Waals surface area contributed by atoms with Gasteiger partial charge >= 0.3 is 0 Å². The fourth-order valence-electron chi connectivity index (χ4n) is 10.4. The van der Waals surface area contributed by atoms with Gasteiger partial charge in [0.15, 0.2) is 5.58 Å². The van der Waals surface area contributed by atoms with E-state index in [2.05, 4.69) is 187 Å². The first-order valence-electron chi connectivity index (χ1n) is 21.9. The molecular formula is C59H40N4O. The van der Waals surface area contributed by atoms with Crippen molar-refractivity contribution in [1.29, 1.82) is 0 Å². The Hall–Kier alpha value is -8.28. The zero-order valence-electron chi connectivity index (χ0n) is 35.3. The van der Waals surface area contributed by atoms with Gasteiger partial charge in [0, 0.05) is 61.9 Å². The second kappa shape index (κ2) is 13.9. The van der Waals surface area contributed by atoms with Crippen LogP contribution in [0, 0.1) is 0 Å². The number of hydrogen-bond acceptors (Lipinski definition) is 4. The van der Waals surface area contributed by atoms with Crippen molar-refractivity contribution in [3.05, 3.63) is 218 Å². The minimum atomic E-state index is -0.407. The molecule has 8 aromatic carbocycles. The number of furan rings is 1. The maximum absolute atomic E-state index is 6.76. The van der Waals surface area contributed by atoms with E-state index >= 15 is 0 Å². The van der Waals surface area contributed by atoms with Gasteiger partial charge in [-0.25, -0.2) is 0 Å².